The molecule has 0 saturated carbocycles. The Hall–Kier alpha value is -1.71. The molecule has 0 saturated heterocycles. The fourth-order valence-electron chi connectivity index (χ4n) is 1.32. The Morgan fingerprint density at radius 2 is 2.00 bits per heavy atom. The van der Waals surface area contributed by atoms with Crippen LogP contribution in [0.2, 0.25) is 0 Å². The average Bonchev–Trinajstić information content (AvgIpc) is 2.69. The molecule has 4 heteroatoms. The van der Waals surface area contributed by atoms with Crippen LogP contribution in [0.5, 0.6) is 0 Å². The van der Waals surface area contributed by atoms with E-state index in [0.29, 0.717) is 0 Å². The molecule has 2 heterocycles. The maximum Gasteiger partial charge on any atom is 0.116 e. The highest BCUT2D eigenvalue weighted by atomic mass is 15.1. The van der Waals surface area contributed by atoms with E-state index >= 15 is 0 Å². The van der Waals surface area contributed by atoms with E-state index in [1.807, 2.05) is 12.3 Å². The van der Waals surface area contributed by atoms with E-state index in [4.69, 9.17) is 0 Å². The Bertz CT molecular complexity index is 440. The second kappa shape index (κ2) is 3.46. The second-order valence-corrected chi connectivity index (χ2v) is 4.53. The van der Waals surface area contributed by atoms with Crippen LogP contribution in [0, 0.1) is 0 Å². The van der Waals surface area contributed by atoms with Gasteiger partial charge in [-0.15, -0.1) is 0 Å². The Kier molecular flexibility index (Phi) is 2.26. The number of rotatable bonds is 1. The fourth-order valence-corrected chi connectivity index (χ4v) is 1.32. The van der Waals surface area contributed by atoms with E-state index in [-0.39, 0.29) is 5.41 Å². The molecule has 0 fully saturated rings. The zero-order chi connectivity index (χ0) is 10.9. The summed E-state index contributed by atoms with van der Waals surface area (Å²) < 4.78 is 0. The van der Waals surface area contributed by atoms with Crippen molar-refractivity contribution in [3.63, 3.8) is 0 Å². The zero-order valence-electron chi connectivity index (χ0n) is 9.15. The third kappa shape index (κ3) is 2.03. The van der Waals surface area contributed by atoms with Crippen LogP contribution in [0.1, 0.15) is 26.5 Å². The summed E-state index contributed by atoms with van der Waals surface area (Å²) in [7, 11) is 0. The SMILES string of the molecule is CC(C)(C)c1cc(-c2cn[nH]c2)ncn1. The largest absolute Gasteiger partial charge is 0.285 e. The molecule has 78 valence electrons. The molecule has 0 aliphatic carbocycles. The van der Waals surface area contributed by atoms with Crippen LogP contribution in [0.3, 0.4) is 0 Å². The van der Waals surface area contributed by atoms with Gasteiger partial charge in [-0.25, -0.2) is 9.97 Å². The van der Waals surface area contributed by atoms with E-state index in [1.54, 1.807) is 12.5 Å². The van der Waals surface area contributed by atoms with Crippen LogP contribution in [-0.4, -0.2) is 20.2 Å². The zero-order valence-corrected chi connectivity index (χ0v) is 9.15. The number of aromatic amines is 1. The van der Waals surface area contributed by atoms with Crippen molar-refractivity contribution in [1.29, 1.82) is 0 Å². The molecule has 0 radical (unpaired) electrons. The minimum Gasteiger partial charge on any atom is -0.285 e. The van der Waals surface area contributed by atoms with Crippen molar-refractivity contribution in [2.45, 2.75) is 26.2 Å². The lowest BCUT2D eigenvalue weighted by molar-refractivity contribution is 0.567. The van der Waals surface area contributed by atoms with Crippen molar-refractivity contribution in [2.24, 2.45) is 0 Å². The lowest BCUT2D eigenvalue weighted by Crippen LogP contribution is -2.13. The number of hydrogen-bond donors (Lipinski definition) is 1. The minimum absolute atomic E-state index is 0.0431. The van der Waals surface area contributed by atoms with E-state index in [9.17, 15) is 0 Å². The molecule has 2 rings (SSSR count). The highest BCUT2D eigenvalue weighted by molar-refractivity contribution is 5.56. The minimum atomic E-state index is 0.0431. The van der Waals surface area contributed by atoms with Gasteiger partial charge in [0.1, 0.15) is 6.33 Å². The third-order valence-electron chi connectivity index (χ3n) is 2.23. The number of nitrogens with zero attached hydrogens (tertiary/aromatic N) is 3. The monoisotopic (exact) mass is 202 g/mol. The van der Waals surface area contributed by atoms with Crippen molar-refractivity contribution in [2.75, 3.05) is 0 Å². The molecule has 0 aliphatic rings. The normalized spacial score (nSPS) is 11.7. The van der Waals surface area contributed by atoms with E-state index in [1.165, 1.54) is 0 Å². The van der Waals surface area contributed by atoms with Gasteiger partial charge in [-0.3, -0.25) is 5.10 Å². The van der Waals surface area contributed by atoms with Crippen molar-refractivity contribution in [1.82, 2.24) is 20.2 Å². The van der Waals surface area contributed by atoms with Gasteiger partial charge in [0.15, 0.2) is 0 Å². The summed E-state index contributed by atoms with van der Waals surface area (Å²) in [5.41, 5.74) is 2.97. The van der Waals surface area contributed by atoms with Crippen molar-refractivity contribution in [3.8, 4) is 11.3 Å². The summed E-state index contributed by atoms with van der Waals surface area (Å²) in [6.07, 6.45) is 5.19. The van der Waals surface area contributed by atoms with Crippen LogP contribution in [0.4, 0.5) is 0 Å². The van der Waals surface area contributed by atoms with Crippen LogP contribution >= 0.6 is 0 Å². The van der Waals surface area contributed by atoms with Crippen LogP contribution in [0.15, 0.2) is 24.8 Å². The quantitative estimate of drug-likeness (QED) is 0.771. The van der Waals surface area contributed by atoms with E-state index in [2.05, 4.69) is 40.9 Å². The fraction of sp³-hybridized carbons (Fsp3) is 0.364. The Morgan fingerprint density at radius 3 is 2.60 bits per heavy atom. The molecule has 0 bridgehead atoms. The van der Waals surface area contributed by atoms with Gasteiger partial charge in [0, 0.05) is 22.9 Å². The molecule has 0 spiro atoms. The van der Waals surface area contributed by atoms with Crippen LogP contribution in [0.25, 0.3) is 11.3 Å². The summed E-state index contributed by atoms with van der Waals surface area (Å²) in [6.45, 7) is 6.40. The summed E-state index contributed by atoms with van der Waals surface area (Å²) in [5, 5.41) is 6.68. The molecule has 1 N–H and O–H groups in total. The van der Waals surface area contributed by atoms with E-state index < -0.39 is 0 Å². The predicted molar refractivity (Wildman–Crippen MR) is 58.3 cm³/mol. The molecule has 0 aromatic carbocycles. The van der Waals surface area contributed by atoms with Gasteiger partial charge in [0.2, 0.25) is 0 Å². The number of aromatic nitrogens is 4. The lowest BCUT2D eigenvalue weighted by Gasteiger charge is -2.17. The molecule has 0 aliphatic heterocycles. The van der Waals surface area contributed by atoms with Crippen LogP contribution < -0.4 is 0 Å². The first-order chi connectivity index (χ1) is 7.07. The topological polar surface area (TPSA) is 54.5 Å². The second-order valence-electron chi connectivity index (χ2n) is 4.53. The van der Waals surface area contributed by atoms with Crippen molar-refractivity contribution < 1.29 is 0 Å². The molecule has 15 heavy (non-hydrogen) atoms. The lowest BCUT2D eigenvalue weighted by atomic mass is 9.91. The van der Waals surface area contributed by atoms with Crippen LogP contribution in [-0.2, 0) is 5.41 Å². The average molecular weight is 202 g/mol. The highest BCUT2D eigenvalue weighted by Crippen LogP contribution is 2.23. The molecule has 0 unspecified atom stereocenters. The molecule has 2 aromatic heterocycles. The standard InChI is InChI=1S/C11H14N4/c1-11(2,3)10-4-9(12-7-13-10)8-5-14-15-6-8/h4-7H,1-3H3,(H,14,15). The smallest absolute Gasteiger partial charge is 0.116 e. The summed E-state index contributed by atoms with van der Waals surface area (Å²) in [6, 6.07) is 2.00. The van der Waals surface area contributed by atoms with E-state index in [0.717, 1.165) is 17.0 Å². The predicted octanol–water partition coefficient (Wildman–Crippen LogP) is 2.16. The first-order valence-electron chi connectivity index (χ1n) is 4.89. The number of hydrogen-bond acceptors (Lipinski definition) is 3. The number of H-pyrrole nitrogens is 1. The first-order valence-corrected chi connectivity index (χ1v) is 4.89. The summed E-state index contributed by atoms with van der Waals surface area (Å²) in [5.74, 6) is 0. The number of nitrogens with one attached hydrogen (secondary N) is 1. The Labute approximate surface area is 88.8 Å². The molecule has 2 aromatic rings. The van der Waals surface area contributed by atoms with Gasteiger partial charge in [0.05, 0.1) is 11.9 Å². The molecule has 0 amide bonds. The van der Waals surface area contributed by atoms with Gasteiger partial charge in [-0.1, -0.05) is 20.8 Å². The van der Waals surface area contributed by atoms with Gasteiger partial charge < -0.3 is 0 Å². The summed E-state index contributed by atoms with van der Waals surface area (Å²) >= 11 is 0. The highest BCUT2D eigenvalue weighted by Gasteiger charge is 2.16. The molecule has 4 nitrogen and oxygen atoms in total. The van der Waals surface area contributed by atoms with Gasteiger partial charge in [-0.05, 0) is 6.07 Å². The Morgan fingerprint density at radius 1 is 1.20 bits per heavy atom. The Balaban J connectivity index is 2.44. The summed E-state index contributed by atoms with van der Waals surface area (Å²) in [4.78, 5) is 8.50. The maximum atomic E-state index is 4.28. The first kappa shape index (κ1) is 9.83. The third-order valence-corrected chi connectivity index (χ3v) is 2.23. The van der Waals surface area contributed by atoms with Crippen molar-refractivity contribution >= 4 is 0 Å². The van der Waals surface area contributed by atoms with Gasteiger partial charge in [-0.2, -0.15) is 5.10 Å². The van der Waals surface area contributed by atoms with Gasteiger partial charge in [0.25, 0.3) is 0 Å². The van der Waals surface area contributed by atoms with Gasteiger partial charge >= 0.3 is 0 Å². The van der Waals surface area contributed by atoms with Crippen molar-refractivity contribution in [3.05, 3.63) is 30.5 Å². The molecule has 0 atom stereocenters. The molecular weight excluding hydrogens is 188 g/mol. The molecular formula is C11H14N4. The maximum absolute atomic E-state index is 4.28.